The minimum Gasteiger partial charge on any atom is -0.309 e. The molecule has 11 aromatic carbocycles. The van der Waals surface area contributed by atoms with Gasteiger partial charge in [0.05, 0.1) is 22.4 Å². The zero-order valence-corrected chi connectivity index (χ0v) is 35.4. The molecule has 0 radical (unpaired) electrons. The molecule has 0 atom stereocenters. The summed E-state index contributed by atoms with van der Waals surface area (Å²) in [4.78, 5) is 10.5. The molecule has 0 saturated carbocycles. The number of aromatic nitrogens is 3. The molecule has 0 amide bonds. The summed E-state index contributed by atoms with van der Waals surface area (Å²) < 4.78 is 2.36. The summed E-state index contributed by atoms with van der Waals surface area (Å²) >= 11 is 0. The summed E-state index contributed by atoms with van der Waals surface area (Å²) in [6, 6.07) is 85.3. The molecule has 2 aromatic heterocycles. The van der Waals surface area contributed by atoms with Gasteiger partial charge < -0.3 is 4.57 Å². The average Bonchev–Trinajstić information content (AvgIpc) is 3.73. The van der Waals surface area contributed by atoms with Crippen LogP contribution in [0.4, 0.5) is 0 Å². The van der Waals surface area contributed by atoms with Crippen LogP contribution in [0, 0.1) is 0 Å². The first-order valence-corrected chi connectivity index (χ1v) is 22.2. The van der Waals surface area contributed by atoms with Crippen LogP contribution in [-0.2, 0) is 0 Å². The van der Waals surface area contributed by atoms with E-state index in [4.69, 9.17) is 9.97 Å². The molecule has 13 rings (SSSR count). The van der Waals surface area contributed by atoms with Crippen molar-refractivity contribution < 1.29 is 0 Å². The van der Waals surface area contributed by atoms with E-state index in [1.165, 1.54) is 70.7 Å². The lowest BCUT2D eigenvalue weighted by atomic mass is 9.89. The third-order valence-corrected chi connectivity index (χ3v) is 13.2. The van der Waals surface area contributed by atoms with Gasteiger partial charge in [-0.3, -0.25) is 0 Å². The van der Waals surface area contributed by atoms with Gasteiger partial charge in [0.15, 0.2) is 5.82 Å². The highest BCUT2D eigenvalue weighted by atomic mass is 15.0. The SMILES string of the molecule is c1ccc(-c2nc(-c3ccc4cc(-c5ccc(-c6c7ccccc7cc7c6ccc6ccccc67)cc5)ccc4c3)cc(-c3cccc4c3c3ccccc3n4-c3ccccc3)n2)cc1. The molecule has 302 valence electrons. The van der Waals surface area contributed by atoms with E-state index in [-0.39, 0.29) is 0 Å². The first-order valence-electron chi connectivity index (χ1n) is 22.2. The highest BCUT2D eigenvalue weighted by Crippen LogP contribution is 2.42. The lowest BCUT2D eigenvalue weighted by Crippen LogP contribution is -1.97. The number of hydrogen-bond donors (Lipinski definition) is 0. The van der Waals surface area contributed by atoms with Gasteiger partial charge in [-0.05, 0) is 114 Å². The lowest BCUT2D eigenvalue weighted by molar-refractivity contribution is 1.18. The summed E-state index contributed by atoms with van der Waals surface area (Å²) in [6.45, 7) is 0. The number of fused-ring (bicyclic) bond motifs is 8. The van der Waals surface area contributed by atoms with Crippen molar-refractivity contribution in [2.75, 3.05) is 0 Å². The number of nitrogens with zero attached hydrogens (tertiary/aromatic N) is 3. The summed E-state index contributed by atoms with van der Waals surface area (Å²) in [7, 11) is 0. The van der Waals surface area contributed by atoms with E-state index in [9.17, 15) is 0 Å². The molecule has 3 heteroatoms. The second-order valence-electron chi connectivity index (χ2n) is 16.9. The zero-order valence-electron chi connectivity index (χ0n) is 35.4. The van der Waals surface area contributed by atoms with Crippen molar-refractivity contribution in [3.05, 3.63) is 237 Å². The van der Waals surface area contributed by atoms with E-state index in [2.05, 4.69) is 223 Å². The van der Waals surface area contributed by atoms with Gasteiger partial charge in [0, 0.05) is 33.2 Å². The van der Waals surface area contributed by atoms with E-state index in [0.717, 1.165) is 50.2 Å². The molecule has 0 aliphatic carbocycles. The highest BCUT2D eigenvalue weighted by Gasteiger charge is 2.19. The fourth-order valence-electron chi connectivity index (χ4n) is 10.1. The van der Waals surface area contributed by atoms with Gasteiger partial charge in [0.25, 0.3) is 0 Å². The molecule has 0 bridgehead atoms. The molecule has 0 N–H and O–H groups in total. The Bertz CT molecular complexity index is 3980. The van der Waals surface area contributed by atoms with Crippen molar-refractivity contribution >= 4 is 64.9 Å². The topological polar surface area (TPSA) is 30.7 Å². The molecule has 0 spiro atoms. The van der Waals surface area contributed by atoms with Crippen LogP contribution in [0.25, 0.3) is 127 Å². The van der Waals surface area contributed by atoms with E-state index < -0.39 is 0 Å². The quantitative estimate of drug-likeness (QED) is 0.123. The van der Waals surface area contributed by atoms with E-state index >= 15 is 0 Å². The highest BCUT2D eigenvalue weighted by molar-refractivity contribution is 6.20. The third kappa shape index (κ3) is 6.20. The van der Waals surface area contributed by atoms with Crippen LogP contribution >= 0.6 is 0 Å². The number of rotatable bonds is 6. The Morgan fingerprint density at radius 3 is 1.71 bits per heavy atom. The van der Waals surface area contributed by atoms with Crippen LogP contribution in [0.15, 0.2) is 237 Å². The zero-order chi connectivity index (χ0) is 42.8. The van der Waals surface area contributed by atoms with Gasteiger partial charge in [-0.1, -0.05) is 188 Å². The van der Waals surface area contributed by atoms with Crippen molar-refractivity contribution in [2.24, 2.45) is 0 Å². The van der Waals surface area contributed by atoms with Crippen LogP contribution in [-0.4, -0.2) is 14.5 Å². The third-order valence-electron chi connectivity index (χ3n) is 13.2. The second kappa shape index (κ2) is 15.0. The Hall–Kier alpha value is -8.66. The predicted octanol–water partition coefficient (Wildman–Crippen LogP) is 16.5. The molecule has 0 fully saturated rings. The minimum absolute atomic E-state index is 0.700. The molecular weight excluding hydrogens is 787 g/mol. The fourth-order valence-corrected chi connectivity index (χ4v) is 10.1. The maximum Gasteiger partial charge on any atom is 0.160 e. The van der Waals surface area contributed by atoms with Crippen molar-refractivity contribution in [3.8, 4) is 61.8 Å². The van der Waals surface area contributed by atoms with Gasteiger partial charge in [0.1, 0.15) is 0 Å². The van der Waals surface area contributed by atoms with Gasteiger partial charge >= 0.3 is 0 Å². The maximum absolute atomic E-state index is 5.29. The van der Waals surface area contributed by atoms with Crippen molar-refractivity contribution in [2.45, 2.75) is 0 Å². The molecule has 0 aliphatic heterocycles. The van der Waals surface area contributed by atoms with E-state index in [0.29, 0.717) is 5.82 Å². The normalized spacial score (nSPS) is 11.7. The first-order chi connectivity index (χ1) is 32.2. The Balaban J connectivity index is 0.896. The lowest BCUT2D eigenvalue weighted by Gasteiger charge is -2.15. The molecule has 13 aromatic rings. The summed E-state index contributed by atoms with van der Waals surface area (Å²) in [5.41, 5.74) is 13.2. The van der Waals surface area contributed by atoms with Crippen molar-refractivity contribution in [1.29, 1.82) is 0 Å². The van der Waals surface area contributed by atoms with E-state index in [1.54, 1.807) is 0 Å². The standard InChI is InChI=1S/C62H39N3/c1-3-15-43(16-4-1)62-63-56(39-57(64-62)53-23-13-25-59-61(53)54-22-11-12-24-58(54)65(59)49-18-5-2-6-19-49)48-33-32-45-36-44(30-31-46(45)37-48)40-26-28-42(29-27-40)60-51-21-10-8-17-47(51)38-55-50-20-9-7-14-41(50)34-35-52(55)60/h1-39H. The summed E-state index contributed by atoms with van der Waals surface area (Å²) in [5.74, 6) is 0.700. The van der Waals surface area contributed by atoms with Crippen LogP contribution in [0.3, 0.4) is 0 Å². The Labute approximate surface area is 376 Å². The van der Waals surface area contributed by atoms with E-state index in [1.807, 2.05) is 18.2 Å². The summed E-state index contributed by atoms with van der Waals surface area (Å²) in [5, 5.41) is 12.3. The van der Waals surface area contributed by atoms with Crippen LogP contribution in [0.5, 0.6) is 0 Å². The monoisotopic (exact) mass is 825 g/mol. The van der Waals surface area contributed by atoms with Gasteiger partial charge in [-0.2, -0.15) is 0 Å². The van der Waals surface area contributed by atoms with Crippen LogP contribution < -0.4 is 0 Å². The van der Waals surface area contributed by atoms with Gasteiger partial charge in [0.2, 0.25) is 0 Å². The Morgan fingerprint density at radius 2 is 0.892 bits per heavy atom. The Morgan fingerprint density at radius 1 is 0.292 bits per heavy atom. The van der Waals surface area contributed by atoms with Crippen LogP contribution in [0.2, 0.25) is 0 Å². The molecule has 0 unspecified atom stereocenters. The second-order valence-corrected chi connectivity index (χ2v) is 16.9. The van der Waals surface area contributed by atoms with Gasteiger partial charge in [-0.25, -0.2) is 9.97 Å². The first kappa shape index (κ1) is 36.9. The number of hydrogen-bond acceptors (Lipinski definition) is 2. The predicted molar refractivity (Wildman–Crippen MR) is 274 cm³/mol. The Kier molecular flexibility index (Phi) is 8.53. The smallest absolute Gasteiger partial charge is 0.160 e. The molecule has 0 aliphatic rings. The minimum atomic E-state index is 0.700. The van der Waals surface area contributed by atoms with Crippen molar-refractivity contribution in [3.63, 3.8) is 0 Å². The molecule has 0 saturated heterocycles. The molecule has 65 heavy (non-hydrogen) atoms. The van der Waals surface area contributed by atoms with Gasteiger partial charge in [-0.15, -0.1) is 0 Å². The number of benzene rings is 11. The largest absolute Gasteiger partial charge is 0.309 e. The van der Waals surface area contributed by atoms with Crippen molar-refractivity contribution in [1.82, 2.24) is 14.5 Å². The molecule has 2 heterocycles. The molecule has 3 nitrogen and oxygen atoms in total. The molecular formula is C62H39N3. The maximum atomic E-state index is 5.29. The van der Waals surface area contributed by atoms with Crippen LogP contribution in [0.1, 0.15) is 0 Å². The number of para-hydroxylation sites is 2. The average molecular weight is 826 g/mol. The fraction of sp³-hybridized carbons (Fsp3) is 0. The summed E-state index contributed by atoms with van der Waals surface area (Å²) in [6.07, 6.45) is 0.